The van der Waals surface area contributed by atoms with Gasteiger partial charge in [0.15, 0.2) is 0 Å². The first-order chi connectivity index (χ1) is 5.79. The average Bonchev–Trinajstić information content (AvgIpc) is 2.16. The number of carbonyl (C=O) groups is 1. The van der Waals surface area contributed by atoms with E-state index in [1.54, 1.807) is 7.11 Å². The third kappa shape index (κ3) is 1.85. The first-order valence-electron chi connectivity index (χ1n) is 4.07. The van der Waals surface area contributed by atoms with Gasteiger partial charge in [-0.05, 0) is 12.8 Å². The van der Waals surface area contributed by atoms with E-state index in [0.29, 0.717) is 0 Å². The van der Waals surface area contributed by atoms with Gasteiger partial charge in [0.2, 0.25) is 0 Å². The van der Waals surface area contributed by atoms with Crippen molar-refractivity contribution in [3.63, 3.8) is 0 Å². The Morgan fingerprint density at radius 1 is 1.50 bits per heavy atom. The minimum Gasteiger partial charge on any atom is -0.469 e. The highest BCUT2D eigenvalue weighted by molar-refractivity contribution is 5.73. The second-order valence-electron chi connectivity index (χ2n) is 2.84. The molecule has 0 aromatic heterocycles. The summed E-state index contributed by atoms with van der Waals surface area (Å²) in [7, 11) is 3.02. The van der Waals surface area contributed by atoms with Gasteiger partial charge in [-0.15, -0.1) is 0 Å². The maximum Gasteiger partial charge on any atom is 0.311 e. The van der Waals surface area contributed by atoms with Gasteiger partial charge in [-0.25, -0.2) is 0 Å². The number of esters is 1. The van der Waals surface area contributed by atoms with Gasteiger partial charge in [0, 0.05) is 7.11 Å². The van der Waals surface area contributed by atoms with E-state index in [-0.39, 0.29) is 18.0 Å². The summed E-state index contributed by atoms with van der Waals surface area (Å²) >= 11 is 0. The molecule has 0 N–H and O–H groups in total. The van der Waals surface area contributed by atoms with Gasteiger partial charge in [-0.3, -0.25) is 4.79 Å². The Morgan fingerprint density at radius 2 is 2.25 bits per heavy atom. The van der Waals surface area contributed by atoms with Gasteiger partial charge in [0.25, 0.3) is 0 Å². The maximum absolute atomic E-state index is 11.2. The smallest absolute Gasteiger partial charge is 0.311 e. The van der Waals surface area contributed by atoms with Crippen LogP contribution in [0.2, 0.25) is 0 Å². The van der Waals surface area contributed by atoms with E-state index < -0.39 is 0 Å². The molecule has 68 valence electrons. The van der Waals surface area contributed by atoms with Crippen molar-refractivity contribution in [3.8, 4) is 0 Å². The summed E-state index contributed by atoms with van der Waals surface area (Å²) in [6, 6.07) is 0. The summed E-state index contributed by atoms with van der Waals surface area (Å²) in [5.41, 5.74) is 0. The minimum atomic E-state index is -0.175. The minimum absolute atomic E-state index is 0.105. The lowest BCUT2D eigenvalue weighted by Gasteiger charge is -2.23. The quantitative estimate of drug-likeness (QED) is 0.460. The first kappa shape index (κ1) is 9.26. The number of rotatable bonds is 2. The zero-order valence-electron chi connectivity index (χ0n) is 7.45. The molecule has 0 radical (unpaired) electrons. The first-order valence-corrected chi connectivity index (χ1v) is 4.07. The summed E-state index contributed by atoms with van der Waals surface area (Å²) in [5, 5.41) is 0. The van der Waals surface area contributed by atoms with Crippen molar-refractivity contribution in [1.29, 1.82) is 0 Å². The van der Waals surface area contributed by atoms with Crippen LogP contribution in [0.4, 0.5) is 0 Å². The van der Waals surface area contributed by atoms with Gasteiger partial charge >= 0.3 is 5.97 Å². The highest BCUT2D eigenvalue weighted by Gasteiger charge is 2.28. The predicted molar refractivity (Wildman–Crippen MR) is 44.7 cm³/mol. The highest BCUT2D eigenvalue weighted by Crippen LogP contribution is 2.21. The van der Waals surface area contributed by atoms with Crippen molar-refractivity contribution < 1.29 is 14.3 Å². The van der Waals surface area contributed by atoms with Gasteiger partial charge in [-0.1, -0.05) is 12.2 Å². The van der Waals surface area contributed by atoms with Gasteiger partial charge in [-0.2, -0.15) is 0 Å². The van der Waals surface area contributed by atoms with Crippen LogP contribution in [-0.2, 0) is 14.3 Å². The van der Waals surface area contributed by atoms with E-state index in [9.17, 15) is 4.79 Å². The molecule has 0 bridgehead atoms. The molecular formula is C9H14O3. The van der Waals surface area contributed by atoms with Crippen LogP contribution in [0.3, 0.4) is 0 Å². The molecule has 2 atom stereocenters. The molecule has 0 aromatic carbocycles. The molecule has 0 aromatic rings. The molecule has 1 aliphatic carbocycles. The van der Waals surface area contributed by atoms with Crippen LogP contribution in [0.25, 0.3) is 0 Å². The number of allylic oxidation sites excluding steroid dienone is 1. The van der Waals surface area contributed by atoms with Crippen molar-refractivity contribution in [1.82, 2.24) is 0 Å². The average molecular weight is 170 g/mol. The molecule has 1 aliphatic rings. The van der Waals surface area contributed by atoms with E-state index >= 15 is 0 Å². The SMILES string of the molecule is COC(=O)[C@@H]1CCC=C[C@@H]1OC. The van der Waals surface area contributed by atoms with E-state index in [2.05, 4.69) is 4.74 Å². The summed E-state index contributed by atoms with van der Waals surface area (Å²) in [4.78, 5) is 11.2. The zero-order chi connectivity index (χ0) is 8.97. The largest absolute Gasteiger partial charge is 0.469 e. The van der Waals surface area contributed by atoms with Crippen LogP contribution in [0.1, 0.15) is 12.8 Å². The summed E-state index contributed by atoms with van der Waals surface area (Å²) < 4.78 is 9.81. The number of carbonyl (C=O) groups excluding carboxylic acids is 1. The Balaban J connectivity index is 2.62. The Labute approximate surface area is 72.4 Å². The van der Waals surface area contributed by atoms with Crippen molar-refractivity contribution in [2.24, 2.45) is 5.92 Å². The molecule has 0 fully saturated rings. The monoisotopic (exact) mass is 170 g/mol. The fourth-order valence-electron chi connectivity index (χ4n) is 1.45. The van der Waals surface area contributed by atoms with Crippen LogP contribution in [0, 0.1) is 5.92 Å². The van der Waals surface area contributed by atoms with Crippen LogP contribution < -0.4 is 0 Å². The molecule has 3 nitrogen and oxygen atoms in total. The Kier molecular flexibility index (Phi) is 3.29. The highest BCUT2D eigenvalue weighted by atomic mass is 16.5. The Hall–Kier alpha value is -0.830. The summed E-state index contributed by atoms with van der Waals surface area (Å²) in [6.45, 7) is 0. The fourth-order valence-corrected chi connectivity index (χ4v) is 1.45. The molecule has 0 saturated heterocycles. The normalized spacial score (nSPS) is 28.5. The maximum atomic E-state index is 11.2. The van der Waals surface area contributed by atoms with E-state index in [4.69, 9.17) is 4.74 Å². The van der Waals surface area contributed by atoms with Gasteiger partial charge in [0.1, 0.15) is 0 Å². The molecular weight excluding hydrogens is 156 g/mol. The second-order valence-corrected chi connectivity index (χ2v) is 2.84. The zero-order valence-corrected chi connectivity index (χ0v) is 7.45. The molecule has 3 heteroatoms. The summed E-state index contributed by atoms with van der Waals surface area (Å²) in [6.07, 6.45) is 5.60. The third-order valence-electron chi connectivity index (χ3n) is 2.14. The molecule has 1 rings (SSSR count). The van der Waals surface area contributed by atoms with Crippen molar-refractivity contribution >= 4 is 5.97 Å². The van der Waals surface area contributed by atoms with E-state index in [1.165, 1.54) is 7.11 Å². The lowest BCUT2D eigenvalue weighted by molar-refractivity contribution is -0.149. The number of ether oxygens (including phenoxy) is 2. The molecule has 0 heterocycles. The number of methoxy groups -OCH3 is 2. The molecule has 0 saturated carbocycles. The molecule has 0 spiro atoms. The number of hydrogen-bond donors (Lipinski definition) is 0. The van der Waals surface area contributed by atoms with Gasteiger partial charge < -0.3 is 9.47 Å². The van der Waals surface area contributed by atoms with Crippen molar-refractivity contribution in [2.75, 3.05) is 14.2 Å². The topological polar surface area (TPSA) is 35.5 Å². The third-order valence-corrected chi connectivity index (χ3v) is 2.14. The van der Waals surface area contributed by atoms with Crippen LogP contribution in [0.15, 0.2) is 12.2 Å². The van der Waals surface area contributed by atoms with Crippen molar-refractivity contribution in [3.05, 3.63) is 12.2 Å². The van der Waals surface area contributed by atoms with Crippen LogP contribution in [-0.4, -0.2) is 26.3 Å². The van der Waals surface area contributed by atoms with E-state index in [0.717, 1.165) is 12.8 Å². The Bertz CT molecular complexity index is 186. The van der Waals surface area contributed by atoms with E-state index in [1.807, 2.05) is 12.2 Å². The van der Waals surface area contributed by atoms with Gasteiger partial charge in [0.05, 0.1) is 19.1 Å². The Morgan fingerprint density at radius 3 is 2.83 bits per heavy atom. The molecule has 0 aliphatic heterocycles. The second kappa shape index (κ2) is 4.26. The molecule has 12 heavy (non-hydrogen) atoms. The van der Waals surface area contributed by atoms with Crippen molar-refractivity contribution in [2.45, 2.75) is 18.9 Å². The number of hydrogen-bond acceptors (Lipinski definition) is 3. The molecule has 0 amide bonds. The van der Waals surface area contributed by atoms with Crippen LogP contribution in [0.5, 0.6) is 0 Å². The lowest BCUT2D eigenvalue weighted by Crippen LogP contribution is -2.31. The van der Waals surface area contributed by atoms with Crippen LogP contribution >= 0.6 is 0 Å². The molecule has 0 unspecified atom stereocenters. The lowest BCUT2D eigenvalue weighted by atomic mass is 9.92. The predicted octanol–water partition coefficient (Wildman–Crippen LogP) is 1.14. The standard InChI is InChI=1S/C9H14O3/c1-11-8-6-4-3-5-7(8)9(10)12-2/h4,6-8H,3,5H2,1-2H3/t7-,8+/m1/s1. The fraction of sp³-hybridized carbons (Fsp3) is 0.667. The summed E-state index contributed by atoms with van der Waals surface area (Å²) in [5.74, 6) is -0.295.